The summed E-state index contributed by atoms with van der Waals surface area (Å²) in [6.07, 6.45) is 1.91. The van der Waals surface area contributed by atoms with Gasteiger partial charge in [0.05, 0.1) is 5.56 Å². The molecule has 0 fully saturated rings. The fraction of sp³-hybridized carbons (Fsp3) is 0.100. The van der Waals surface area contributed by atoms with E-state index in [2.05, 4.69) is 0 Å². The molecule has 0 aliphatic rings. The van der Waals surface area contributed by atoms with Gasteiger partial charge >= 0.3 is 5.97 Å². The third-order valence-electron chi connectivity index (χ3n) is 2.14. The lowest BCUT2D eigenvalue weighted by Gasteiger charge is -1.97. The van der Waals surface area contributed by atoms with Crippen molar-refractivity contribution in [1.82, 2.24) is 4.57 Å². The van der Waals surface area contributed by atoms with Crippen molar-refractivity contribution in [2.45, 2.75) is 0 Å². The first kappa shape index (κ1) is 7.86. The SMILES string of the molecule is Cn1ccc2ccc(C(=O)O)cc21. The molecule has 66 valence electrons. The number of hydrogen-bond donors (Lipinski definition) is 1. The molecule has 1 N–H and O–H groups in total. The molecule has 0 radical (unpaired) electrons. The van der Waals surface area contributed by atoms with Crippen molar-refractivity contribution < 1.29 is 9.90 Å². The molecular formula is C10H9NO2. The lowest BCUT2D eigenvalue weighted by molar-refractivity contribution is 0.0697. The average molecular weight is 175 g/mol. The Balaban J connectivity index is 2.72. The van der Waals surface area contributed by atoms with Gasteiger partial charge in [-0.2, -0.15) is 0 Å². The first-order chi connectivity index (χ1) is 6.18. The Labute approximate surface area is 75.2 Å². The molecule has 3 heteroatoms. The normalized spacial score (nSPS) is 10.5. The van der Waals surface area contributed by atoms with Crippen molar-refractivity contribution in [2.24, 2.45) is 7.05 Å². The molecule has 3 nitrogen and oxygen atoms in total. The van der Waals surface area contributed by atoms with E-state index >= 15 is 0 Å². The Morgan fingerprint density at radius 3 is 2.85 bits per heavy atom. The van der Waals surface area contributed by atoms with Crippen LogP contribution in [0.15, 0.2) is 30.5 Å². The minimum absolute atomic E-state index is 0.328. The Morgan fingerprint density at radius 1 is 1.38 bits per heavy atom. The van der Waals surface area contributed by atoms with Crippen LogP contribution in [0.2, 0.25) is 0 Å². The van der Waals surface area contributed by atoms with Gasteiger partial charge in [0.25, 0.3) is 0 Å². The summed E-state index contributed by atoms with van der Waals surface area (Å²) in [5, 5.41) is 9.83. The van der Waals surface area contributed by atoms with Gasteiger partial charge in [0.1, 0.15) is 0 Å². The minimum Gasteiger partial charge on any atom is -0.478 e. The zero-order valence-electron chi connectivity index (χ0n) is 7.19. The Bertz CT molecular complexity index is 471. The number of aromatic nitrogens is 1. The lowest BCUT2D eigenvalue weighted by atomic mass is 10.2. The summed E-state index contributed by atoms with van der Waals surface area (Å²) >= 11 is 0. The predicted molar refractivity (Wildman–Crippen MR) is 49.9 cm³/mol. The monoisotopic (exact) mass is 175 g/mol. The van der Waals surface area contributed by atoms with Gasteiger partial charge in [-0.25, -0.2) is 4.79 Å². The van der Waals surface area contributed by atoms with Crippen LogP contribution in [0.25, 0.3) is 10.9 Å². The predicted octanol–water partition coefficient (Wildman–Crippen LogP) is 1.88. The smallest absolute Gasteiger partial charge is 0.335 e. The minimum atomic E-state index is -0.886. The molecule has 1 aromatic carbocycles. The molecule has 0 aliphatic carbocycles. The standard InChI is InChI=1S/C10H9NO2/c1-11-5-4-7-2-3-8(10(12)13)6-9(7)11/h2-6H,1H3,(H,12,13). The van der Waals surface area contributed by atoms with Gasteiger partial charge in [-0.15, -0.1) is 0 Å². The first-order valence-electron chi connectivity index (χ1n) is 3.97. The quantitative estimate of drug-likeness (QED) is 0.719. The Kier molecular flexibility index (Phi) is 1.59. The maximum Gasteiger partial charge on any atom is 0.335 e. The van der Waals surface area contributed by atoms with Crippen molar-refractivity contribution in [1.29, 1.82) is 0 Å². The summed E-state index contributed by atoms with van der Waals surface area (Å²) < 4.78 is 1.90. The van der Waals surface area contributed by atoms with Crippen LogP contribution in [-0.4, -0.2) is 15.6 Å². The second kappa shape index (κ2) is 2.62. The molecule has 0 aliphatic heterocycles. The van der Waals surface area contributed by atoms with Gasteiger partial charge in [-0.3, -0.25) is 0 Å². The fourth-order valence-electron chi connectivity index (χ4n) is 1.40. The summed E-state index contributed by atoms with van der Waals surface area (Å²) in [6.45, 7) is 0. The summed E-state index contributed by atoms with van der Waals surface area (Å²) in [6, 6.07) is 7.07. The molecule has 2 rings (SSSR count). The molecule has 0 unspecified atom stereocenters. The number of fused-ring (bicyclic) bond motifs is 1. The number of aryl methyl sites for hydroxylation is 1. The van der Waals surface area contributed by atoms with E-state index < -0.39 is 5.97 Å². The van der Waals surface area contributed by atoms with Crippen molar-refractivity contribution in [2.75, 3.05) is 0 Å². The average Bonchev–Trinajstić information content (AvgIpc) is 2.47. The van der Waals surface area contributed by atoms with Crippen molar-refractivity contribution in [3.63, 3.8) is 0 Å². The molecule has 0 bridgehead atoms. The molecule has 0 saturated carbocycles. The van der Waals surface area contributed by atoms with E-state index in [1.54, 1.807) is 12.1 Å². The Hall–Kier alpha value is -1.77. The number of nitrogens with zero attached hydrogens (tertiary/aromatic N) is 1. The zero-order valence-corrected chi connectivity index (χ0v) is 7.19. The van der Waals surface area contributed by atoms with Crippen LogP contribution in [-0.2, 0) is 7.05 Å². The summed E-state index contributed by atoms with van der Waals surface area (Å²) in [4.78, 5) is 10.7. The van der Waals surface area contributed by atoms with Crippen LogP contribution < -0.4 is 0 Å². The number of carboxylic acids is 1. The second-order valence-electron chi connectivity index (χ2n) is 3.01. The van der Waals surface area contributed by atoms with Crippen LogP contribution in [0.5, 0.6) is 0 Å². The lowest BCUT2D eigenvalue weighted by Crippen LogP contribution is -1.96. The van der Waals surface area contributed by atoms with Crippen molar-refractivity contribution >= 4 is 16.9 Å². The number of benzene rings is 1. The molecule has 0 saturated heterocycles. The van der Waals surface area contributed by atoms with Crippen molar-refractivity contribution in [3.8, 4) is 0 Å². The highest BCUT2D eigenvalue weighted by Crippen LogP contribution is 2.16. The number of carbonyl (C=O) groups is 1. The van der Waals surface area contributed by atoms with Gasteiger partial charge in [-0.05, 0) is 23.6 Å². The highest BCUT2D eigenvalue weighted by molar-refractivity contribution is 5.93. The van der Waals surface area contributed by atoms with Gasteiger partial charge in [0.2, 0.25) is 0 Å². The molecule has 0 amide bonds. The Morgan fingerprint density at radius 2 is 2.15 bits per heavy atom. The molecule has 13 heavy (non-hydrogen) atoms. The molecule has 1 aromatic heterocycles. The van der Waals surface area contributed by atoms with E-state index in [1.165, 1.54) is 0 Å². The van der Waals surface area contributed by atoms with Gasteiger partial charge in [-0.1, -0.05) is 6.07 Å². The summed E-state index contributed by atoms with van der Waals surface area (Å²) in [7, 11) is 1.90. The highest BCUT2D eigenvalue weighted by atomic mass is 16.4. The molecular weight excluding hydrogens is 166 g/mol. The highest BCUT2D eigenvalue weighted by Gasteiger charge is 2.04. The topological polar surface area (TPSA) is 42.2 Å². The molecule has 0 atom stereocenters. The van der Waals surface area contributed by atoms with E-state index in [4.69, 9.17) is 5.11 Å². The summed E-state index contributed by atoms with van der Waals surface area (Å²) in [5.41, 5.74) is 1.27. The van der Waals surface area contributed by atoms with Crippen LogP contribution in [0.1, 0.15) is 10.4 Å². The van der Waals surface area contributed by atoms with Gasteiger partial charge < -0.3 is 9.67 Å². The van der Waals surface area contributed by atoms with E-state index in [-0.39, 0.29) is 0 Å². The van der Waals surface area contributed by atoms with E-state index in [1.807, 2.05) is 29.9 Å². The van der Waals surface area contributed by atoms with E-state index in [0.717, 1.165) is 10.9 Å². The number of carboxylic acid groups (broad SMARTS) is 1. The van der Waals surface area contributed by atoms with Crippen LogP contribution in [0.3, 0.4) is 0 Å². The zero-order chi connectivity index (χ0) is 9.42. The number of hydrogen-bond acceptors (Lipinski definition) is 1. The van der Waals surface area contributed by atoms with Gasteiger partial charge in [0.15, 0.2) is 0 Å². The summed E-state index contributed by atoms with van der Waals surface area (Å²) in [5.74, 6) is -0.886. The van der Waals surface area contributed by atoms with Crippen molar-refractivity contribution in [3.05, 3.63) is 36.0 Å². The maximum absolute atomic E-state index is 10.7. The first-order valence-corrected chi connectivity index (χ1v) is 3.97. The van der Waals surface area contributed by atoms with E-state index in [9.17, 15) is 4.79 Å². The molecule has 2 aromatic rings. The largest absolute Gasteiger partial charge is 0.478 e. The van der Waals surface area contributed by atoms with Crippen LogP contribution >= 0.6 is 0 Å². The third-order valence-corrected chi connectivity index (χ3v) is 2.14. The van der Waals surface area contributed by atoms with Crippen LogP contribution in [0, 0.1) is 0 Å². The second-order valence-corrected chi connectivity index (χ2v) is 3.01. The van der Waals surface area contributed by atoms with Crippen LogP contribution in [0.4, 0.5) is 0 Å². The van der Waals surface area contributed by atoms with E-state index in [0.29, 0.717) is 5.56 Å². The maximum atomic E-state index is 10.7. The molecule has 1 heterocycles. The molecule has 0 spiro atoms. The number of rotatable bonds is 1. The van der Waals surface area contributed by atoms with Gasteiger partial charge in [0, 0.05) is 18.8 Å². The fourth-order valence-corrected chi connectivity index (χ4v) is 1.40. The number of aromatic carboxylic acids is 1. The third kappa shape index (κ3) is 1.18.